The second-order valence-corrected chi connectivity index (χ2v) is 5.51. The largest absolute Gasteiger partial charge is 0.482 e. The fourth-order valence-electron chi connectivity index (χ4n) is 2.47. The highest BCUT2D eigenvalue weighted by molar-refractivity contribution is 5.93. The SMILES string of the molecule is CCC(CC)C(C)C(=O)Nc1ccc(OCC(=O)O)cc1C. The van der Waals surface area contributed by atoms with E-state index in [4.69, 9.17) is 9.84 Å². The van der Waals surface area contributed by atoms with Gasteiger partial charge in [0.2, 0.25) is 5.91 Å². The van der Waals surface area contributed by atoms with Crippen LogP contribution >= 0.6 is 0 Å². The van der Waals surface area contributed by atoms with Gasteiger partial charge in [0.05, 0.1) is 0 Å². The molecule has 0 aliphatic heterocycles. The smallest absolute Gasteiger partial charge is 0.341 e. The number of amides is 1. The number of hydrogen-bond donors (Lipinski definition) is 2. The molecule has 1 amide bonds. The third-order valence-electron chi connectivity index (χ3n) is 3.99. The summed E-state index contributed by atoms with van der Waals surface area (Å²) >= 11 is 0. The number of aryl methyl sites for hydroxylation is 1. The normalized spacial score (nSPS) is 12.0. The van der Waals surface area contributed by atoms with Gasteiger partial charge in [-0.3, -0.25) is 4.79 Å². The topological polar surface area (TPSA) is 75.6 Å². The molecule has 1 atom stereocenters. The van der Waals surface area contributed by atoms with E-state index >= 15 is 0 Å². The molecule has 0 fully saturated rings. The van der Waals surface area contributed by atoms with Gasteiger partial charge in [-0.25, -0.2) is 4.79 Å². The highest BCUT2D eigenvalue weighted by Gasteiger charge is 2.21. The minimum atomic E-state index is -1.02. The standard InChI is InChI=1S/C17H25NO4/c1-5-13(6-2)12(4)17(21)18-15-8-7-14(9-11(15)3)22-10-16(19)20/h7-9,12-13H,5-6,10H2,1-4H3,(H,18,21)(H,19,20). The number of benzene rings is 1. The first-order valence-corrected chi connectivity index (χ1v) is 7.65. The number of nitrogens with one attached hydrogen (secondary N) is 1. The molecule has 0 aliphatic carbocycles. The highest BCUT2D eigenvalue weighted by atomic mass is 16.5. The van der Waals surface area contributed by atoms with Gasteiger partial charge in [0, 0.05) is 11.6 Å². The Hall–Kier alpha value is -2.04. The first-order chi connectivity index (χ1) is 10.4. The van der Waals surface area contributed by atoms with E-state index in [2.05, 4.69) is 19.2 Å². The van der Waals surface area contributed by atoms with Gasteiger partial charge in [0.1, 0.15) is 5.75 Å². The molecule has 0 heterocycles. The van der Waals surface area contributed by atoms with Crippen molar-refractivity contribution in [2.45, 2.75) is 40.5 Å². The first-order valence-electron chi connectivity index (χ1n) is 7.65. The minimum absolute atomic E-state index is 0.0102. The maximum atomic E-state index is 12.3. The lowest BCUT2D eigenvalue weighted by atomic mass is 9.88. The van der Waals surface area contributed by atoms with Crippen LogP contribution in [-0.2, 0) is 9.59 Å². The Kier molecular flexibility index (Phi) is 6.89. The Morgan fingerprint density at radius 1 is 1.27 bits per heavy atom. The van der Waals surface area contributed by atoms with E-state index < -0.39 is 5.97 Å². The maximum Gasteiger partial charge on any atom is 0.341 e. The highest BCUT2D eigenvalue weighted by Crippen LogP contribution is 2.24. The summed E-state index contributed by atoms with van der Waals surface area (Å²) in [4.78, 5) is 22.8. The van der Waals surface area contributed by atoms with E-state index in [1.54, 1.807) is 18.2 Å². The van der Waals surface area contributed by atoms with E-state index in [0.717, 1.165) is 24.1 Å². The van der Waals surface area contributed by atoms with Gasteiger partial charge in [-0.2, -0.15) is 0 Å². The third-order valence-corrected chi connectivity index (χ3v) is 3.99. The van der Waals surface area contributed by atoms with Crippen LogP contribution in [0.5, 0.6) is 5.75 Å². The second kappa shape index (κ2) is 8.41. The van der Waals surface area contributed by atoms with Crippen molar-refractivity contribution in [3.63, 3.8) is 0 Å². The van der Waals surface area contributed by atoms with Crippen LogP contribution in [0.3, 0.4) is 0 Å². The average molecular weight is 307 g/mol. The molecule has 122 valence electrons. The summed E-state index contributed by atoms with van der Waals surface area (Å²) in [5, 5.41) is 11.5. The molecule has 1 rings (SSSR count). The zero-order chi connectivity index (χ0) is 16.7. The minimum Gasteiger partial charge on any atom is -0.482 e. The summed E-state index contributed by atoms with van der Waals surface area (Å²) in [6.45, 7) is 7.62. The monoisotopic (exact) mass is 307 g/mol. The van der Waals surface area contributed by atoms with Gasteiger partial charge in [0.15, 0.2) is 6.61 Å². The number of hydrogen-bond acceptors (Lipinski definition) is 3. The van der Waals surface area contributed by atoms with Gasteiger partial charge in [-0.1, -0.05) is 33.6 Å². The molecule has 0 radical (unpaired) electrons. The van der Waals surface area contributed by atoms with Gasteiger partial charge in [0.25, 0.3) is 0 Å². The number of rotatable bonds is 8. The molecule has 2 N–H and O–H groups in total. The predicted octanol–water partition coefficient (Wildman–Crippen LogP) is 3.47. The molecular weight excluding hydrogens is 282 g/mol. The van der Waals surface area contributed by atoms with Crippen LogP contribution < -0.4 is 10.1 Å². The number of ether oxygens (including phenoxy) is 1. The lowest BCUT2D eigenvalue weighted by Gasteiger charge is -2.21. The van der Waals surface area contributed by atoms with Gasteiger partial charge in [-0.15, -0.1) is 0 Å². The van der Waals surface area contributed by atoms with Crippen LogP contribution in [0.1, 0.15) is 39.2 Å². The number of carboxylic acid groups (broad SMARTS) is 1. The molecular formula is C17H25NO4. The Morgan fingerprint density at radius 3 is 2.41 bits per heavy atom. The van der Waals surface area contributed by atoms with E-state index in [1.807, 2.05) is 13.8 Å². The molecule has 22 heavy (non-hydrogen) atoms. The lowest BCUT2D eigenvalue weighted by molar-refractivity contribution is -0.139. The molecule has 5 heteroatoms. The summed E-state index contributed by atoms with van der Waals surface area (Å²) in [6, 6.07) is 5.12. The summed E-state index contributed by atoms with van der Waals surface area (Å²) in [5.74, 6) is -0.202. The van der Waals surface area contributed by atoms with E-state index in [9.17, 15) is 9.59 Å². The molecule has 1 unspecified atom stereocenters. The summed E-state index contributed by atoms with van der Waals surface area (Å²) in [7, 11) is 0. The molecule has 0 aromatic heterocycles. The third kappa shape index (κ3) is 5.06. The molecule has 5 nitrogen and oxygen atoms in total. The van der Waals surface area contributed by atoms with Gasteiger partial charge < -0.3 is 15.2 Å². The van der Waals surface area contributed by atoms with Crippen molar-refractivity contribution in [1.82, 2.24) is 0 Å². The Labute approximate surface area is 131 Å². The zero-order valence-electron chi connectivity index (χ0n) is 13.7. The predicted molar refractivity (Wildman–Crippen MR) is 86.2 cm³/mol. The Balaban J connectivity index is 2.73. The number of aliphatic carboxylic acids is 1. The molecule has 0 saturated heterocycles. The lowest BCUT2D eigenvalue weighted by Crippen LogP contribution is -2.26. The van der Waals surface area contributed by atoms with E-state index in [0.29, 0.717) is 11.7 Å². The number of carbonyl (C=O) groups excluding carboxylic acids is 1. The van der Waals surface area contributed by atoms with Crippen molar-refractivity contribution in [3.8, 4) is 5.75 Å². The molecule has 1 aromatic rings. The number of carboxylic acids is 1. The first kappa shape index (κ1) is 18.0. The maximum absolute atomic E-state index is 12.3. The molecule has 0 bridgehead atoms. The number of anilines is 1. The van der Waals surface area contributed by atoms with Crippen molar-refractivity contribution in [3.05, 3.63) is 23.8 Å². The fourth-order valence-corrected chi connectivity index (χ4v) is 2.47. The van der Waals surface area contributed by atoms with Crippen LogP contribution in [0.25, 0.3) is 0 Å². The van der Waals surface area contributed by atoms with Crippen LogP contribution in [0, 0.1) is 18.8 Å². The number of carbonyl (C=O) groups is 2. The van der Waals surface area contributed by atoms with Gasteiger partial charge in [-0.05, 0) is 36.6 Å². The quantitative estimate of drug-likeness (QED) is 0.771. The van der Waals surface area contributed by atoms with Crippen LogP contribution in [0.15, 0.2) is 18.2 Å². The van der Waals surface area contributed by atoms with E-state index in [1.165, 1.54) is 0 Å². The van der Waals surface area contributed by atoms with Crippen molar-refractivity contribution in [2.75, 3.05) is 11.9 Å². The summed E-state index contributed by atoms with van der Waals surface area (Å²) in [5.41, 5.74) is 1.57. The van der Waals surface area contributed by atoms with Crippen LogP contribution in [-0.4, -0.2) is 23.6 Å². The summed E-state index contributed by atoms with van der Waals surface area (Å²) < 4.78 is 5.12. The Bertz CT molecular complexity index is 523. The van der Waals surface area contributed by atoms with E-state index in [-0.39, 0.29) is 18.4 Å². The molecule has 0 spiro atoms. The van der Waals surface area contributed by atoms with Crippen molar-refractivity contribution in [2.24, 2.45) is 11.8 Å². The second-order valence-electron chi connectivity index (χ2n) is 5.51. The van der Waals surface area contributed by atoms with Crippen LogP contribution in [0.4, 0.5) is 5.69 Å². The molecule has 1 aromatic carbocycles. The van der Waals surface area contributed by atoms with Crippen molar-refractivity contribution < 1.29 is 19.4 Å². The Morgan fingerprint density at radius 2 is 1.91 bits per heavy atom. The van der Waals surface area contributed by atoms with Crippen molar-refractivity contribution in [1.29, 1.82) is 0 Å². The summed E-state index contributed by atoms with van der Waals surface area (Å²) in [6.07, 6.45) is 1.96. The molecule has 0 aliphatic rings. The fraction of sp³-hybridized carbons (Fsp3) is 0.529. The van der Waals surface area contributed by atoms with Crippen LogP contribution in [0.2, 0.25) is 0 Å². The zero-order valence-corrected chi connectivity index (χ0v) is 13.7. The van der Waals surface area contributed by atoms with Gasteiger partial charge >= 0.3 is 5.97 Å². The van der Waals surface area contributed by atoms with Crippen molar-refractivity contribution >= 4 is 17.6 Å². The average Bonchev–Trinajstić information content (AvgIpc) is 2.48. The molecule has 0 saturated carbocycles.